The van der Waals surface area contributed by atoms with Crippen LogP contribution in [0.25, 0.3) is 0 Å². The minimum Gasteiger partial charge on any atom is -0.382 e. The fraction of sp³-hybridized carbons (Fsp3) is 0.167. The molecule has 0 aliphatic heterocycles. The zero-order valence-corrected chi connectivity index (χ0v) is 11.0. The van der Waals surface area contributed by atoms with Crippen molar-refractivity contribution in [1.29, 1.82) is 0 Å². The molecular weight excluding hydrogens is 280 g/mol. The Morgan fingerprint density at radius 2 is 1.82 bits per heavy atom. The van der Waals surface area contributed by atoms with Gasteiger partial charge in [-0.05, 0) is 36.8 Å². The van der Waals surface area contributed by atoms with Crippen LogP contribution in [-0.4, -0.2) is 10.2 Å². The molecule has 1 aromatic heterocycles. The smallest absolute Gasteiger partial charge is 0.149 e. The van der Waals surface area contributed by atoms with Crippen LogP contribution in [0.15, 0.2) is 40.9 Å². The summed E-state index contributed by atoms with van der Waals surface area (Å²) in [5, 5.41) is 11.0. The van der Waals surface area contributed by atoms with E-state index in [-0.39, 0.29) is 6.04 Å². The van der Waals surface area contributed by atoms with Crippen LogP contribution >= 0.6 is 15.9 Å². The molecule has 1 aromatic carbocycles. The number of hydrogen-bond donors (Lipinski definition) is 2. The number of rotatable bonds is 3. The molecule has 0 amide bonds. The average Bonchev–Trinajstić information content (AvgIpc) is 2.33. The van der Waals surface area contributed by atoms with Crippen molar-refractivity contribution in [2.75, 3.05) is 11.1 Å². The first-order chi connectivity index (χ1) is 8.15. The Hall–Kier alpha value is -1.62. The minimum atomic E-state index is 0.168. The van der Waals surface area contributed by atoms with E-state index < -0.39 is 0 Å². The molecule has 2 aromatic rings. The number of hydrogen-bond acceptors (Lipinski definition) is 4. The van der Waals surface area contributed by atoms with Crippen molar-refractivity contribution in [2.45, 2.75) is 13.0 Å². The molecule has 5 heteroatoms. The Labute approximate surface area is 108 Å². The van der Waals surface area contributed by atoms with Gasteiger partial charge in [0.2, 0.25) is 0 Å². The number of nitrogens with one attached hydrogen (secondary N) is 1. The van der Waals surface area contributed by atoms with Crippen molar-refractivity contribution in [3.8, 4) is 0 Å². The van der Waals surface area contributed by atoms with E-state index >= 15 is 0 Å². The second kappa shape index (κ2) is 5.14. The summed E-state index contributed by atoms with van der Waals surface area (Å²) in [6.45, 7) is 2.07. The Kier molecular flexibility index (Phi) is 3.58. The van der Waals surface area contributed by atoms with Gasteiger partial charge in [-0.3, -0.25) is 0 Å². The van der Waals surface area contributed by atoms with Crippen LogP contribution < -0.4 is 11.1 Å². The summed E-state index contributed by atoms with van der Waals surface area (Å²) < 4.78 is 1.07. The maximum Gasteiger partial charge on any atom is 0.149 e. The molecule has 0 bridgehead atoms. The van der Waals surface area contributed by atoms with E-state index in [2.05, 4.69) is 50.5 Å². The lowest BCUT2D eigenvalue weighted by Gasteiger charge is -2.14. The normalized spacial score (nSPS) is 12.1. The third kappa shape index (κ3) is 3.17. The maximum atomic E-state index is 5.48. The lowest BCUT2D eigenvalue weighted by atomic mass is 10.1. The fourth-order valence-electron chi connectivity index (χ4n) is 1.48. The quantitative estimate of drug-likeness (QED) is 0.913. The van der Waals surface area contributed by atoms with Gasteiger partial charge in [-0.15, -0.1) is 10.2 Å². The van der Waals surface area contributed by atoms with Crippen molar-refractivity contribution in [3.63, 3.8) is 0 Å². The predicted molar refractivity (Wildman–Crippen MR) is 72.6 cm³/mol. The van der Waals surface area contributed by atoms with Crippen LogP contribution in [0, 0.1) is 0 Å². The van der Waals surface area contributed by atoms with Gasteiger partial charge in [-0.1, -0.05) is 28.1 Å². The van der Waals surface area contributed by atoms with Gasteiger partial charge in [0.15, 0.2) is 0 Å². The number of halogens is 1. The van der Waals surface area contributed by atoms with Gasteiger partial charge in [0, 0.05) is 10.5 Å². The molecule has 0 spiro atoms. The van der Waals surface area contributed by atoms with Crippen molar-refractivity contribution in [3.05, 3.63) is 46.4 Å². The zero-order chi connectivity index (χ0) is 12.3. The Morgan fingerprint density at radius 3 is 2.41 bits per heavy atom. The summed E-state index contributed by atoms with van der Waals surface area (Å²) in [7, 11) is 0. The fourth-order valence-corrected chi connectivity index (χ4v) is 1.74. The highest BCUT2D eigenvalue weighted by Gasteiger charge is 2.05. The van der Waals surface area contributed by atoms with Gasteiger partial charge >= 0.3 is 0 Å². The van der Waals surface area contributed by atoms with Crippen LogP contribution in [0.4, 0.5) is 11.6 Å². The van der Waals surface area contributed by atoms with E-state index in [4.69, 9.17) is 5.73 Å². The third-order valence-electron chi connectivity index (χ3n) is 2.42. The standard InChI is InChI=1S/C12H13BrN4/c1-8(9-2-4-10(13)5-3-9)15-12-7-6-11(14)16-17-12/h2-8H,1H3,(H2,14,16)(H,15,17). The van der Waals surface area contributed by atoms with Gasteiger partial charge in [0.25, 0.3) is 0 Å². The second-order valence-electron chi connectivity index (χ2n) is 3.76. The Bertz CT molecular complexity index is 481. The van der Waals surface area contributed by atoms with E-state index in [0.29, 0.717) is 5.82 Å². The molecule has 2 rings (SSSR count). The summed E-state index contributed by atoms with van der Waals surface area (Å²) in [5.74, 6) is 1.14. The van der Waals surface area contributed by atoms with Gasteiger partial charge in [0.05, 0.1) is 0 Å². The molecule has 3 N–H and O–H groups in total. The van der Waals surface area contributed by atoms with Crippen molar-refractivity contribution in [2.24, 2.45) is 0 Å². The molecule has 1 heterocycles. The lowest BCUT2D eigenvalue weighted by molar-refractivity contribution is 0.861. The highest BCUT2D eigenvalue weighted by molar-refractivity contribution is 9.10. The molecule has 4 nitrogen and oxygen atoms in total. The van der Waals surface area contributed by atoms with Crippen molar-refractivity contribution < 1.29 is 0 Å². The number of anilines is 2. The second-order valence-corrected chi connectivity index (χ2v) is 4.68. The number of aromatic nitrogens is 2. The summed E-state index contributed by atoms with van der Waals surface area (Å²) in [6.07, 6.45) is 0. The number of nitrogen functional groups attached to an aromatic ring is 1. The highest BCUT2D eigenvalue weighted by atomic mass is 79.9. The highest BCUT2D eigenvalue weighted by Crippen LogP contribution is 2.19. The molecular formula is C12H13BrN4. The summed E-state index contributed by atoms with van der Waals surface area (Å²) in [6, 6.07) is 11.9. The Balaban J connectivity index is 2.08. The monoisotopic (exact) mass is 292 g/mol. The largest absolute Gasteiger partial charge is 0.382 e. The average molecular weight is 293 g/mol. The first-order valence-corrected chi connectivity index (χ1v) is 6.05. The summed E-state index contributed by atoms with van der Waals surface area (Å²) in [5.41, 5.74) is 6.67. The number of nitrogens with two attached hydrogens (primary N) is 1. The topological polar surface area (TPSA) is 63.8 Å². The molecule has 0 fully saturated rings. The van der Waals surface area contributed by atoms with Gasteiger partial charge < -0.3 is 11.1 Å². The van der Waals surface area contributed by atoms with Crippen LogP contribution in [0.5, 0.6) is 0 Å². The first-order valence-electron chi connectivity index (χ1n) is 5.26. The maximum absolute atomic E-state index is 5.48. The van der Waals surface area contributed by atoms with Crippen LogP contribution in [0.1, 0.15) is 18.5 Å². The van der Waals surface area contributed by atoms with E-state index in [1.165, 1.54) is 5.56 Å². The molecule has 1 atom stereocenters. The predicted octanol–water partition coefficient (Wildman–Crippen LogP) is 2.99. The summed E-state index contributed by atoms with van der Waals surface area (Å²) in [4.78, 5) is 0. The van der Waals surface area contributed by atoms with Gasteiger partial charge in [0.1, 0.15) is 11.6 Å². The molecule has 0 saturated carbocycles. The molecule has 0 radical (unpaired) electrons. The third-order valence-corrected chi connectivity index (χ3v) is 2.95. The van der Waals surface area contributed by atoms with E-state index in [1.54, 1.807) is 6.07 Å². The molecule has 0 saturated heterocycles. The molecule has 0 aliphatic rings. The van der Waals surface area contributed by atoms with Gasteiger partial charge in [-0.25, -0.2) is 0 Å². The van der Waals surface area contributed by atoms with Crippen LogP contribution in [0.2, 0.25) is 0 Å². The van der Waals surface area contributed by atoms with Crippen LogP contribution in [-0.2, 0) is 0 Å². The molecule has 1 unspecified atom stereocenters. The molecule has 88 valence electrons. The molecule has 0 aliphatic carbocycles. The minimum absolute atomic E-state index is 0.168. The summed E-state index contributed by atoms with van der Waals surface area (Å²) >= 11 is 3.41. The lowest BCUT2D eigenvalue weighted by Crippen LogP contribution is -2.08. The number of benzene rings is 1. The van der Waals surface area contributed by atoms with Crippen molar-refractivity contribution >= 4 is 27.6 Å². The number of nitrogens with zero attached hydrogens (tertiary/aromatic N) is 2. The van der Waals surface area contributed by atoms with Gasteiger partial charge in [-0.2, -0.15) is 0 Å². The molecule has 17 heavy (non-hydrogen) atoms. The Morgan fingerprint density at radius 1 is 1.12 bits per heavy atom. The van der Waals surface area contributed by atoms with Crippen molar-refractivity contribution in [1.82, 2.24) is 10.2 Å². The SMILES string of the molecule is CC(Nc1ccc(N)nn1)c1ccc(Br)cc1. The van der Waals surface area contributed by atoms with Crippen LogP contribution in [0.3, 0.4) is 0 Å². The van der Waals surface area contributed by atoms with E-state index in [9.17, 15) is 0 Å². The zero-order valence-electron chi connectivity index (χ0n) is 9.39. The first kappa shape index (κ1) is 11.9. The van der Waals surface area contributed by atoms with E-state index in [0.717, 1.165) is 10.3 Å². The van der Waals surface area contributed by atoms with E-state index in [1.807, 2.05) is 18.2 Å².